The molecule has 0 saturated carbocycles. The maximum Gasteiger partial charge on any atom is 0.472 e. The van der Waals surface area contributed by atoms with E-state index in [0.29, 0.717) is 10.7 Å². The zero-order chi connectivity index (χ0) is 33.4. The van der Waals surface area contributed by atoms with E-state index in [1.54, 1.807) is 0 Å². The van der Waals surface area contributed by atoms with Crippen LogP contribution in [-0.4, -0.2) is 60.0 Å². The van der Waals surface area contributed by atoms with Crippen molar-refractivity contribution in [3.8, 4) is 5.82 Å². The molecule has 2 aromatic heterocycles. The van der Waals surface area contributed by atoms with Crippen LogP contribution in [0.15, 0.2) is 36.5 Å². The first-order valence-corrected chi connectivity index (χ1v) is 14.8. The minimum Gasteiger partial charge on any atom is -0.343 e. The largest absolute Gasteiger partial charge is 0.472 e. The van der Waals surface area contributed by atoms with E-state index in [2.05, 4.69) is 20.7 Å². The maximum atomic E-state index is 13.5. The number of hydrogen-bond donors (Lipinski definition) is 3. The van der Waals surface area contributed by atoms with Gasteiger partial charge in [-0.15, -0.1) is 0 Å². The van der Waals surface area contributed by atoms with Crippen molar-refractivity contribution in [2.45, 2.75) is 38.7 Å². The van der Waals surface area contributed by atoms with Crippen LogP contribution in [0, 0.1) is 6.92 Å². The molecular formula is C25H22Cl2F6N6O4S. The summed E-state index contributed by atoms with van der Waals surface area (Å²) in [5, 5.41) is 8.88. The van der Waals surface area contributed by atoms with Crippen LogP contribution >= 0.6 is 23.2 Å². The summed E-state index contributed by atoms with van der Waals surface area (Å²) in [4.78, 5) is 41.9. The molecular weight excluding hydrogens is 665 g/mol. The van der Waals surface area contributed by atoms with E-state index in [-0.39, 0.29) is 32.7 Å². The number of aromatic nitrogens is 3. The molecule has 1 atom stereocenters. The second-order valence-electron chi connectivity index (χ2n) is 9.86. The van der Waals surface area contributed by atoms with Crippen molar-refractivity contribution in [3.63, 3.8) is 0 Å². The molecule has 2 heterocycles. The van der Waals surface area contributed by atoms with E-state index in [9.17, 15) is 44.9 Å². The fraction of sp³-hybridized carbons (Fsp3) is 0.280. The van der Waals surface area contributed by atoms with E-state index < -0.39 is 56.7 Å². The lowest BCUT2D eigenvalue weighted by molar-refractivity contribution is -0.171. The Balaban J connectivity index is 2.02. The highest BCUT2D eigenvalue weighted by molar-refractivity contribution is 7.99. The number of halogens is 8. The molecule has 3 N–H and O–H groups in total. The number of rotatable bonds is 7. The van der Waals surface area contributed by atoms with Gasteiger partial charge in [-0.3, -0.25) is 19.1 Å². The molecule has 0 aliphatic rings. The fourth-order valence-electron chi connectivity index (χ4n) is 3.86. The van der Waals surface area contributed by atoms with Crippen molar-refractivity contribution in [3.05, 3.63) is 69.1 Å². The van der Waals surface area contributed by atoms with E-state index in [0.717, 1.165) is 17.7 Å². The lowest BCUT2D eigenvalue weighted by Gasteiger charge is -2.25. The number of carbonyl (C=O) groups excluding carboxylic acids is 3. The standard InChI is InChI=1S/C25H22Cl2F6N6O4S/c1-12-8-13(26)9-14(20(40)36-23(2,3)11-44(4,43)38-22(42)25(31,32)33)18(12)35-21(41)16-10-17(24(28,29)30)37-39(16)19-15(27)6-5-7-34-19/h5-11H,1-4H3,(H,35,41)(H,36,40)(H,38,42,43). The molecule has 0 aliphatic carbocycles. The van der Waals surface area contributed by atoms with Crippen LogP contribution in [-0.2, 0) is 20.7 Å². The first-order valence-electron chi connectivity index (χ1n) is 12.0. The van der Waals surface area contributed by atoms with Gasteiger partial charge in [-0.1, -0.05) is 23.2 Å². The first-order chi connectivity index (χ1) is 20.0. The Hall–Kier alpha value is -3.83. The second-order valence-corrected chi connectivity index (χ2v) is 13.0. The quantitative estimate of drug-likeness (QED) is 0.237. The normalized spacial score (nSPS) is 13.5. The third kappa shape index (κ3) is 8.41. The first kappa shape index (κ1) is 34.7. The number of benzene rings is 1. The molecule has 1 aromatic carbocycles. The molecule has 0 fully saturated rings. The molecule has 3 amide bonds. The molecule has 0 spiro atoms. The van der Waals surface area contributed by atoms with E-state index in [4.69, 9.17) is 23.2 Å². The lowest BCUT2D eigenvalue weighted by Crippen LogP contribution is -2.49. The Morgan fingerprint density at radius 3 is 2.23 bits per heavy atom. The van der Waals surface area contributed by atoms with Crippen LogP contribution in [0.1, 0.15) is 46.0 Å². The number of pyridine rings is 1. The topological polar surface area (TPSA) is 135 Å². The minimum atomic E-state index is -5.32. The van der Waals surface area contributed by atoms with Gasteiger partial charge in [-0.25, -0.2) is 13.9 Å². The molecule has 3 aromatic rings. The lowest BCUT2D eigenvalue weighted by atomic mass is 10.0. The molecule has 0 radical (unpaired) electrons. The van der Waals surface area contributed by atoms with Crippen molar-refractivity contribution in [1.29, 1.82) is 0 Å². The van der Waals surface area contributed by atoms with Crippen LogP contribution in [0.2, 0.25) is 10.0 Å². The average molecular weight is 687 g/mol. The molecule has 3 rings (SSSR count). The summed E-state index contributed by atoms with van der Waals surface area (Å²) in [7, 11) is -3.80. The SMILES string of the molecule is Cc1cc(Cl)cc(C(=O)NC(C)(C)C=S(C)(=O)NC(=O)C(F)(F)F)c1NC(=O)c1cc(C(F)(F)F)nn1-c1ncccc1Cl. The number of carbonyl (C=O) groups is 3. The predicted molar refractivity (Wildman–Crippen MR) is 151 cm³/mol. The third-order valence-corrected chi connectivity index (χ3v) is 7.61. The highest BCUT2D eigenvalue weighted by Gasteiger charge is 2.40. The Bertz CT molecular complexity index is 1760. The zero-order valence-electron chi connectivity index (χ0n) is 22.9. The molecule has 0 saturated heterocycles. The van der Waals surface area contributed by atoms with Gasteiger partial charge in [0.25, 0.3) is 11.8 Å². The van der Waals surface area contributed by atoms with Crippen LogP contribution in [0.4, 0.5) is 32.0 Å². The van der Waals surface area contributed by atoms with Crippen molar-refractivity contribution in [2.24, 2.45) is 0 Å². The number of anilines is 1. The second kappa shape index (κ2) is 12.3. The van der Waals surface area contributed by atoms with Crippen molar-refractivity contribution in [2.75, 3.05) is 11.6 Å². The monoisotopic (exact) mass is 686 g/mol. The van der Waals surface area contributed by atoms with Gasteiger partial charge in [0.05, 0.1) is 31.5 Å². The number of nitrogens with one attached hydrogen (secondary N) is 3. The van der Waals surface area contributed by atoms with Gasteiger partial charge in [0.2, 0.25) is 0 Å². The molecule has 19 heteroatoms. The van der Waals surface area contributed by atoms with Crippen LogP contribution < -0.4 is 15.4 Å². The van der Waals surface area contributed by atoms with Crippen LogP contribution in [0.25, 0.3) is 5.82 Å². The zero-order valence-corrected chi connectivity index (χ0v) is 25.3. The van der Waals surface area contributed by atoms with Gasteiger partial charge < -0.3 is 10.6 Å². The van der Waals surface area contributed by atoms with Crippen LogP contribution in [0.3, 0.4) is 0 Å². The Morgan fingerprint density at radius 1 is 1.02 bits per heavy atom. The molecule has 44 heavy (non-hydrogen) atoms. The summed E-state index contributed by atoms with van der Waals surface area (Å²) in [6, 6.07) is 5.62. The van der Waals surface area contributed by atoms with Crippen molar-refractivity contribution >= 4 is 61.7 Å². The number of aryl methyl sites for hydroxylation is 1. The number of nitrogens with zero attached hydrogens (tertiary/aromatic N) is 3. The minimum absolute atomic E-state index is 0.00818. The Labute approximate surface area is 256 Å². The molecule has 0 bridgehead atoms. The summed E-state index contributed by atoms with van der Waals surface area (Å²) in [5.41, 5.74) is -4.05. The third-order valence-electron chi connectivity index (χ3n) is 5.46. The Morgan fingerprint density at radius 2 is 1.66 bits per heavy atom. The van der Waals surface area contributed by atoms with Gasteiger partial charge in [0.1, 0.15) is 5.69 Å². The van der Waals surface area contributed by atoms with Crippen LogP contribution in [0.5, 0.6) is 0 Å². The van der Waals surface area contributed by atoms with Gasteiger partial charge in [-0.05, 0) is 50.6 Å². The summed E-state index contributed by atoms with van der Waals surface area (Å²) < 4.78 is 93.2. The molecule has 238 valence electrons. The molecule has 1 unspecified atom stereocenters. The molecule has 10 nitrogen and oxygen atoms in total. The fourth-order valence-corrected chi connectivity index (χ4v) is 6.07. The van der Waals surface area contributed by atoms with E-state index >= 15 is 0 Å². The van der Waals surface area contributed by atoms with Gasteiger partial charge in [-0.2, -0.15) is 31.4 Å². The smallest absolute Gasteiger partial charge is 0.343 e. The van der Waals surface area contributed by atoms with Crippen molar-refractivity contribution < 1.29 is 44.9 Å². The average Bonchev–Trinajstić information content (AvgIpc) is 3.30. The highest BCUT2D eigenvalue weighted by Crippen LogP contribution is 2.32. The summed E-state index contributed by atoms with van der Waals surface area (Å²) >= 11 is 12.2. The molecule has 0 aliphatic heterocycles. The van der Waals surface area contributed by atoms with Gasteiger partial charge in [0, 0.05) is 28.9 Å². The summed E-state index contributed by atoms with van der Waals surface area (Å²) in [6.07, 6.45) is -8.25. The van der Waals surface area contributed by atoms with Gasteiger partial charge in [0.15, 0.2) is 11.5 Å². The van der Waals surface area contributed by atoms with E-state index in [1.807, 2.05) is 0 Å². The van der Waals surface area contributed by atoms with E-state index in [1.165, 1.54) is 49.9 Å². The summed E-state index contributed by atoms with van der Waals surface area (Å²) in [6.45, 7) is 3.95. The number of alkyl halides is 6. The maximum absolute atomic E-state index is 13.5. The Kier molecular flexibility index (Phi) is 9.67. The summed E-state index contributed by atoms with van der Waals surface area (Å²) in [5.74, 6) is -4.90. The highest BCUT2D eigenvalue weighted by atomic mass is 35.5. The van der Waals surface area contributed by atoms with Gasteiger partial charge >= 0.3 is 18.3 Å². The number of hydrogen-bond acceptors (Lipinski definition) is 6. The van der Waals surface area contributed by atoms with Crippen molar-refractivity contribution in [1.82, 2.24) is 24.8 Å². The predicted octanol–water partition coefficient (Wildman–Crippen LogP) is 4.97. The number of amides is 3.